The topological polar surface area (TPSA) is 85.5 Å². The van der Waals surface area contributed by atoms with Crippen molar-refractivity contribution >= 4 is 11.8 Å². The summed E-state index contributed by atoms with van der Waals surface area (Å²) in [5.74, 6) is 0.802. The third-order valence-corrected chi connectivity index (χ3v) is 4.87. The first kappa shape index (κ1) is 17.9. The second-order valence-corrected chi connectivity index (χ2v) is 6.55. The lowest BCUT2D eigenvalue weighted by Gasteiger charge is -2.32. The zero-order valence-electron chi connectivity index (χ0n) is 14.9. The standard InChI is InChI=1S/C20H23N3O3/c1-26-18-5-3-2-4-15(18)12-14-8-10-23(11-9-14)20(25)17-7-6-16(13-22-17)19(21)24/h2-7,13-14H,8-12H2,1H3,(H2,21,24). The van der Waals surface area contributed by atoms with Gasteiger partial charge in [0.15, 0.2) is 0 Å². The Labute approximate surface area is 153 Å². The number of hydrogen-bond acceptors (Lipinski definition) is 4. The normalized spacial score (nSPS) is 14.9. The van der Waals surface area contributed by atoms with Crippen LogP contribution in [0.15, 0.2) is 42.6 Å². The number of aromatic nitrogens is 1. The smallest absolute Gasteiger partial charge is 0.272 e. The second kappa shape index (κ2) is 7.99. The van der Waals surface area contributed by atoms with E-state index in [0.29, 0.717) is 30.3 Å². The van der Waals surface area contributed by atoms with E-state index in [1.54, 1.807) is 13.2 Å². The van der Waals surface area contributed by atoms with Crippen molar-refractivity contribution in [3.8, 4) is 5.75 Å². The maximum absolute atomic E-state index is 12.6. The summed E-state index contributed by atoms with van der Waals surface area (Å²) in [6.45, 7) is 1.41. The zero-order chi connectivity index (χ0) is 18.5. The fourth-order valence-electron chi connectivity index (χ4n) is 3.35. The van der Waals surface area contributed by atoms with Gasteiger partial charge in [-0.3, -0.25) is 14.6 Å². The molecule has 1 fully saturated rings. The summed E-state index contributed by atoms with van der Waals surface area (Å²) >= 11 is 0. The van der Waals surface area contributed by atoms with Gasteiger partial charge < -0.3 is 15.4 Å². The molecule has 2 heterocycles. The van der Waals surface area contributed by atoms with Crippen molar-refractivity contribution in [2.75, 3.05) is 20.2 Å². The third-order valence-electron chi connectivity index (χ3n) is 4.87. The van der Waals surface area contributed by atoms with Crippen LogP contribution in [0.5, 0.6) is 5.75 Å². The number of pyridine rings is 1. The molecule has 0 saturated carbocycles. The van der Waals surface area contributed by atoms with E-state index in [9.17, 15) is 9.59 Å². The van der Waals surface area contributed by atoms with Gasteiger partial charge in [-0.15, -0.1) is 0 Å². The molecule has 2 aromatic rings. The van der Waals surface area contributed by atoms with E-state index >= 15 is 0 Å². The molecule has 0 bridgehead atoms. The summed E-state index contributed by atoms with van der Waals surface area (Å²) in [5.41, 5.74) is 7.06. The number of piperidine rings is 1. The maximum Gasteiger partial charge on any atom is 0.272 e. The van der Waals surface area contributed by atoms with Crippen LogP contribution in [0.4, 0.5) is 0 Å². The summed E-state index contributed by atoms with van der Waals surface area (Å²) < 4.78 is 5.42. The van der Waals surface area contributed by atoms with Crippen molar-refractivity contribution in [3.05, 3.63) is 59.4 Å². The predicted molar refractivity (Wildman–Crippen MR) is 98.1 cm³/mol. The molecule has 1 aliphatic rings. The highest BCUT2D eigenvalue weighted by atomic mass is 16.5. The van der Waals surface area contributed by atoms with E-state index in [4.69, 9.17) is 10.5 Å². The summed E-state index contributed by atoms with van der Waals surface area (Å²) in [4.78, 5) is 29.6. The SMILES string of the molecule is COc1ccccc1CC1CCN(C(=O)c2ccc(C(N)=O)cn2)CC1. The molecule has 1 aliphatic heterocycles. The first-order chi connectivity index (χ1) is 12.6. The highest BCUT2D eigenvalue weighted by Crippen LogP contribution is 2.27. The fraction of sp³-hybridized carbons (Fsp3) is 0.350. The summed E-state index contributed by atoms with van der Waals surface area (Å²) in [6, 6.07) is 11.2. The van der Waals surface area contributed by atoms with Crippen molar-refractivity contribution in [2.24, 2.45) is 11.7 Å². The van der Waals surface area contributed by atoms with Gasteiger partial charge in [0.05, 0.1) is 12.7 Å². The number of para-hydroxylation sites is 1. The maximum atomic E-state index is 12.6. The van der Waals surface area contributed by atoms with Crippen LogP contribution in [0.2, 0.25) is 0 Å². The Morgan fingerprint density at radius 2 is 1.92 bits per heavy atom. The molecule has 0 atom stereocenters. The molecule has 0 spiro atoms. The summed E-state index contributed by atoms with van der Waals surface area (Å²) in [6.07, 6.45) is 4.20. The molecule has 2 amide bonds. The molecule has 1 aromatic heterocycles. The van der Waals surface area contributed by atoms with Crippen molar-refractivity contribution in [1.29, 1.82) is 0 Å². The van der Waals surface area contributed by atoms with E-state index in [2.05, 4.69) is 11.1 Å². The van der Waals surface area contributed by atoms with E-state index in [1.807, 2.05) is 23.1 Å². The number of methoxy groups -OCH3 is 1. The second-order valence-electron chi connectivity index (χ2n) is 6.55. The number of ether oxygens (including phenoxy) is 1. The van der Waals surface area contributed by atoms with Crippen LogP contribution in [0.25, 0.3) is 0 Å². The first-order valence-electron chi connectivity index (χ1n) is 8.75. The lowest BCUT2D eigenvalue weighted by Crippen LogP contribution is -2.39. The van der Waals surface area contributed by atoms with E-state index in [-0.39, 0.29) is 5.91 Å². The number of hydrogen-bond donors (Lipinski definition) is 1. The van der Waals surface area contributed by atoms with Gasteiger partial charge in [-0.2, -0.15) is 0 Å². The van der Waals surface area contributed by atoms with Crippen LogP contribution < -0.4 is 10.5 Å². The molecule has 136 valence electrons. The van der Waals surface area contributed by atoms with Crippen molar-refractivity contribution in [1.82, 2.24) is 9.88 Å². The molecule has 0 aliphatic carbocycles. The minimum Gasteiger partial charge on any atom is -0.496 e. The first-order valence-corrected chi connectivity index (χ1v) is 8.75. The number of likely N-dealkylation sites (tertiary alicyclic amines) is 1. The minimum atomic E-state index is -0.548. The number of nitrogens with zero attached hydrogens (tertiary/aromatic N) is 2. The molecule has 26 heavy (non-hydrogen) atoms. The van der Waals surface area contributed by atoms with E-state index in [1.165, 1.54) is 17.8 Å². The van der Waals surface area contributed by atoms with Gasteiger partial charge in [-0.05, 0) is 48.9 Å². The number of carbonyl (C=O) groups is 2. The highest BCUT2D eigenvalue weighted by Gasteiger charge is 2.25. The Kier molecular flexibility index (Phi) is 5.51. The average molecular weight is 353 g/mol. The Morgan fingerprint density at radius 1 is 1.19 bits per heavy atom. The van der Waals surface area contributed by atoms with Crippen LogP contribution >= 0.6 is 0 Å². The molecular formula is C20H23N3O3. The number of amides is 2. The zero-order valence-corrected chi connectivity index (χ0v) is 14.9. The molecule has 0 unspecified atom stereocenters. The fourth-order valence-corrected chi connectivity index (χ4v) is 3.35. The van der Waals surface area contributed by atoms with Gasteiger partial charge in [-0.1, -0.05) is 18.2 Å². The lowest BCUT2D eigenvalue weighted by molar-refractivity contribution is 0.0684. The molecule has 2 N–H and O–H groups in total. The highest BCUT2D eigenvalue weighted by molar-refractivity contribution is 5.95. The molecule has 6 heteroatoms. The Hall–Kier alpha value is -2.89. The van der Waals surface area contributed by atoms with Crippen LogP contribution in [0.1, 0.15) is 39.3 Å². The lowest BCUT2D eigenvalue weighted by atomic mass is 9.89. The molecular weight excluding hydrogens is 330 g/mol. The van der Waals surface area contributed by atoms with E-state index in [0.717, 1.165) is 25.0 Å². The number of carbonyl (C=O) groups excluding carboxylic acids is 2. The summed E-state index contributed by atoms with van der Waals surface area (Å²) in [7, 11) is 1.69. The van der Waals surface area contributed by atoms with Gasteiger partial charge in [0.25, 0.3) is 5.91 Å². The van der Waals surface area contributed by atoms with Gasteiger partial charge in [-0.25, -0.2) is 0 Å². The van der Waals surface area contributed by atoms with Gasteiger partial charge >= 0.3 is 0 Å². The van der Waals surface area contributed by atoms with Crippen LogP contribution in [0, 0.1) is 5.92 Å². The van der Waals surface area contributed by atoms with Gasteiger partial charge in [0.1, 0.15) is 11.4 Å². The van der Waals surface area contributed by atoms with Crippen LogP contribution in [0.3, 0.4) is 0 Å². The van der Waals surface area contributed by atoms with E-state index < -0.39 is 5.91 Å². The molecule has 3 rings (SSSR count). The van der Waals surface area contributed by atoms with Crippen molar-refractivity contribution in [2.45, 2.75) is 19.3 Å². The molecule has 1 aromatic carbocycles. The number of benzene rings is 1. The van der Waals surface area contributed by atoms with Crippen LogP contribution in [-0.4, -0.2) is 41.9 Å². The monoisotopic (exact) mass is 353 g/mol. The number of primary amides is 1. The van der Waals surface area contributed by atoms with Crippen LogP contribution in [-0.2, 0) is 6.42 Å². The molecule has 1 saturated heterocycles. The summed E-state index contributed by atoms with van der Waals surface area (Å²) in [5, 5.41) is 0. The Balaban J connectivity index is 1.57. The van der Waals surface area contributed by atoms with Crippen molar-refractivity contribution in [3.63, 3.8) is 0 Å². The Morgan fingerprint density at radius 3 is 2.54 bits per heavy atom. The van der Waals surface area contributed by atoms with Gasteiger partial charge in [0.2, 0.25) is 5.91 Å². The van der Waals surface area contributed by atoms with Gasteiger partial charge in [0, 0.05) is 19.3 Å². The molecule has 0 radical (unpaired) electrons. The largest absolute Gasteiger partial charge is 0.496 e. The van der Waals surface area contributed by atoms with Crippen molar-refractivity contribution < 1.29 is 14.3 Å². The number of rotatable bonds is 5. The molecule has 6 nitrogen and oxygen atoms in total. The minimum absolute atomic E-state index is 0.100. The predicted octanol–water partition coefficient (Wildman–Crippen LogP) is 2.28. The average Bonchev–Trinajstić information content (AvgIpc) is 2.68. The third kappa shape index (κ3) is 4.02. The quantitative estimate of drug-likeness (QED) is 0.893. The Bertz CT molecular complexity index is 781. The number of nitrogens with two attached hydrogens (primary N) is 1.